The van der Waals surface area contributed by atoms with Crippen molar-refractivity contribution in [1.82, 2.24) is 4.98 Å². The van der Waals surface area contributed by atoms with Gasteiger partial charge in [-0.05, 0) is 24.1 Å². The van der Waals surface area contributed by atoms with Gasteiger partial charge in [0, 0.05) is 36.9 Å². The van der Waals surface area contributed by atoms with E-state index in [9.17, 15) is 8.42 Å². The number of hydrogen-bond donors (Lipinski definition) is 1. The lowest BCUT2D eigenvalue weighted by atomic mass is 10.1. The molecule has 6 nitrogen and oxygen atoms in total. The maximum atomic E-state index is 11.4. The summed E-state index contributed by atoms with van der Waals surface area (Å²) in [6.45, 7) is 5.27. The Hall–Kier alpha value is -1.35. The van der Waals surface area contributed by atoms with Crippen LogP contribution in [0.2, 0.25) is 5.02 Å². The van der Waals surface area contributed by atoms with Gasteiger partial charge in [0.25, 0.3) is 0 Å². The lowest BCUT2D eigenvalue weighted by Gasteiger charge is -2.36. The summed E-state index contributed by atoms with van der Waals surface area (Å²) in [6, 6.07) is 6.19. The fourth-order valence-corrected chi connectivity index (χ4v) is 4.60. The Morgan fingerprint density at radius 1 is 1.25 bits per heavy atom. The predicted molar refractivity (Wildman–Crippen MR) is 98.7 cm³/mol. The van der Waals surface area contributed by atoms with Gasteiger partial charge in [-0.2, -0.15) is 0 Å². The van der Waals surface area contributed by atoms with Gasteiger partial charge in [0.15, 0.2) is 9.34 Å². The second kappa shape index (κ2) is 6.87. The molecule has 2 aromatic rings. The number of piperazine rings is 1. The largest absolute Gasteiger partial charge is 0.368 e. The Morgan fingerprint density at radius 3 is 2.46 bits per heavy atom. The number of sulfonamides is 1. The SMILES string of the molecule is CCc1ccc(N2CCN(c3ncc(S(N)(=O)=O)s3)CC2)cc1Cl. The molecule has 1 aliphatic rings. The van der Waals surface area contributed by atoms with Crippen LogP contribution in [0.15, 0.2) is 28.6 Å². The number of nitrogens with zero attached hydrogens (tertiary/aromatic N) is 3. The first-order chi connectivity index (χ1) is 11.4. The molecule has 3 rings (SSSR count). The molecule has 0 unspecified atom stereocenters. The van der Waals surface area contributed by atoms with Crippen LogP contribution in [0.5, 0.6) is 0 Å². The summed E-state index contributed by atoms with van der Waals surface area (Å²) >= 11 is 7.42. The predicted octanol–water partition coefficient (Wildman–Crippen LogP) is 2.33. The molecule has 1 aromatic carbocycles. The van der Waals surface area contributed by atoms with Gasteiger partial charge < -0.3 is 9.80 Å². The number of anilines is 2. The van der Waals surface area contributed by atoms with Crippen molar-refractivity contribution in [3.8, 4) is 0 Å². The van der Waals surface area contributed by atoms with Crippen molar-refractivity contribution < 1.29 is 8.42 Å². The Balaban J connectivity index is 1.67. The van der Waals surface area contributed by atoms with Crippen LogP contribution in [0, 0.1) is 0 Å². The lowest BCUT2D eigenvalue weighted by molar-refractivity contribution is 0.599. The van der Waals surface area contributed by atoms with Crippen LogP contribution >= 0.6 is 22.9 Å². The van der Waals surface area contributed by atoms with Gasteiger partial charge in [0.1, 0.15) is 0 Å². The first kappa shape index (κ1) is 17.5. The highest BCUT2D eigenvalue weighted by Gasteiger charge is 2.22. The molecule has 0 radical (unpaired) electrons. The van der Waals surface area contributed by atoms with Crippen LogP contribution in [0.25, 0.3) is 0 Å². The summed E-state index contributed by atoms with van der Waals surface area (Å²) in [4.78, 5) is 8.54. The fraction of sp³-hybridized carbons (Fsp3) is 0.400. The maximum absolute atomic E-state index is 11.4. The van der Waals surface area contributed by atoms with E-state index in [1.54, 1.807) is 0 Å². The van der Waals surface area contributed by atoms with E-state index in [1.807, 2.05) is 6.07 Å². The highest BCUT2D eigenvalue weighted by molar-refractivity contribution is 7.91. The minimum absolute atomic E-state index is 0.0989. The summed E-state index contributed by atoms with van der Waals surface area (Å²) in [6.07, 6.45) is 2.24. The van der Waals surface area contributed by atoms with Gasteiger partial charge in [0.05, 0.1) is 6.20 Å². The van der Waals surface area contributed by atoms with Gasteiger partial charge in [-0.1, -0.05) is 35.9 Å². The second-order valence-corrected chi connectivity index (χ2v) is 8.81. The quantitative estimate of drug-likeness (QED) is 0.872. The van der Waals surface area contributed by atoms with Crippen LogP contribution in [0.3, 0.4) is 0 Å². The molecule has 0 spiro atoms. The molecular formula is C15H19ClN4O2S2. The number of thiazole rings is 1. The Kier molecular flexibility index (Phi) is 5.00. The Morgan fingerprint density at radius 2 is 1.92 bits per heavy atom. The van der Waals surface area contributed by atoms with E-state index in [4.69, 9.17) is 16.7 Å². The summed E-state index contributed by atoms with van der Waals surface area (Å²) in [5.74, 6) is 0. The van der Waals surface area contributed by atoms with Crippen LogP contribution in [-0.4, -0.2) is 39.6 Å². The average molecular weight is 387 g/mol. The number of primary sulfonamides is 1. The molecule has 1 fully saturated rings. The molecular weight excluding hydrogens is 368 g/mol. The minimum Gasteiger partial charge on any atom is -0.368 e. The van der Waals surface area contributed by atoms with E-state index in [-0.39, 0.29) is 4.21 Å². The van der Waals surface area contributed by atoms with Crippen LogP contribution < -0.4 is 14.9 Å². The first-order valence-electron chi connectivity index (χ1n) is 7.65. The number of rotatable bonds is 4. The Labute approximate surface area is 150 Å². The molecule has 0 saturated carbocycles. The number of benzene rings is 1. The summed E-state index contributed by atoms with van der Waals surface area (Å²) in [5.41, 5.74) is 2.26. The van der Waals surface area contributed by atoms with Gasteiger partial charge in [0.2, 0.25) is 10.0 Å². The molecule has 0 bridgehead atoms. The molecule has 1 aromatic heterocycles. The summed E-state index contributed by atoms with van der Waals surface area (Å²) in [5, 5.41) is 6.63. The first-order valence-corrected chi connectivity index (χ1v) is 10.4. The number of halogens is 1. The van der Waals surface area contributed by atoms with E-state index in [0.29, 0.717) is 5.13 Å². The van der Waals surface area contributed by atoms with Crippen molar-refractivity contribution in [2.45, 2.75) is 17.6 Å². The molecule has 2 N–H and O–H groups in total. The Bertz CT molecular complexity index is 830. The molecule has 130 valence electrons. The third-order valence-corrected chi connectivity index (χ3v) is 6.90. The topological polar surface area (TPSA) is 79.5 Å². The molecule has 0 aliphatic carbocycles. The number of hydrogen-bond acceptors (Lipinski definition) is 6. The average Bonchev–Trinajstić information content (AvgIpc) is 3.05. The summed E-state index contributed by atoms with van der Waals surface area (Å²) < 4.78 is 22.8. The van der Waals surface area contributed by atoms with Crippen molar-refractivity contribution in [3.63, 3.8) is 0 Å². The number of nitrogens with two attached hydrogens (primary N) is 1. The van der Waals surface area contributed by atoms with Crippen LogP contribution in [-0.2, 0) is 16.4 Å². The highest BCUT2D eigenvalue weighted by atomic mass is 35.5. The number of aryl methyl sites for hydroxylation is 1. The van der Waals surface area contributed by atoms with Crippen molar-refractivity contribution in [1.29, 1.82) is 0 Å². The van der Waals surface area contributed by atoms with E-state index in [1.165, 1.54) is 6.20 Å². The van der Waals surface area contributed by atoms with Crippen molar-refractivity contribution in [2.24, 2.45) is 5.14 Å². The fourth-order valence-electron chi connectivity index (χ4n) is 2.70. The third-order valence-electron chi connectivity index (χ3n) is 4.09. The smallest absolute Gasteiger partial charge is 0.249 e. The molecule has 0 amide bonds. The van der Waals surface area contributed by atoms with Crippen LogP contribution in [0.1, 0.15) is 12.5 Å². The van der Waals surface area contributed by atoms with Crippen molar-refractivity contribution in [2.75, 3.05) is 36.0 Å². The minimum atomic E-state index is -3.68. The van der Waals surface area contributed by atoms with E-state index >= 15 is 0 Å². The van der Waals surface area contributed by atoms with Crippen molar-refractivity contribution >= 4 is 43.8 Å². The second-order valence-electron chi connectivity index (χ2n) is 5.61. The van der Waals surface area contributed by atoms with Gasteiger partial charge in [-0.15, -0.1) is 0 Å². The highest BCUT2D eigenvalue weighted by Crippen LogP contribution is 2.28. The van der Waals surface area contributed by atoms with E-state index in [2.05, 4.69) is 33.8 Å². The number of aromatic nitrogens is 1. The van der Waals surface area contributed by atoms with E-state index in [0.717, 1.165) is 60.2 Å². The van der Waals surface area contributed by atoms with Gasteiger partial charge in [-0.3, -0.25) is 0 Å². The van der Waals surface area contributed by atoms with Gasteiger partial charge >= 0.3 is 0 Å². The van der Waals surface area contributed by atoms with E-state index < -0.39 is 10.0 Å². The third kappa shape index (κ3) is 3.66. The molecule has 1 aliphatic heterocycles. The summed E-state index contributed by atoms with van der Waals surface area (Å²) in [7, 11) is -3.68. The van der Waals surface area contributed by atoms with Crippen LogP contribution in [0.4, 0.5) is 10.8 Å². The molecule has 24 heavy (non-hydrogen) atoms. The molecule has 9 heteroatoms. The van der Waals surface area contributed by atoms with Gasteiger partial charge in [-0.25, -0.2) is 18.5 Å². The lowest BCUT2D eigenvalue weighted by Crippen LogP contribution is -2.46. The monoisotopic (exact) mass is 386 g/mol. The van der Waals surface area contributed by atoms with Crippen molar-refractivity contribution in [3.05, 3.63) is 35.0 Å². The molecule has 1 saturated heterocycles. The molecule has 2 heterocycles. The zero-order valence-electron chi connectivity index (χ0n) is 13.3. The normalized spacial score (nSPS) is 15.8. The maximum Gasteiger partial charge on any atom is 0.249 e. The zero-order chi connectivity index (χ0) is 17.3. The zero-order valence-corrected chi connectivity index (χ0v) is 15.7. The molecule has 0 atom stereocenters. The standard InChI is InChI=1S/C15H19ClN4O2S2/c1-2-11-3-4-12(9-13(11)16)19-5-7-20(8-6-19)15-18-10-14(23-15)24(17,21)22/h3-4,9-10H,2,5-8H2,1H3,(H2,17,21,22).